The first-order chi connectivity index (χ1) is 43.2. The van der Waals surface area contributed by atoms with Gasteiger partial charge >= 0.3 is 6.09 Å². The molecule has 1 aromatic rings. The van der Waals surface area contributed by atoms with Crippen LogP contribution in [0.25, 0.3) is 0 Å². The van der Waals surface area contributed by atoms with E-state index in [0.717, 1.165) is 0 Å². The van der Waals surface area contributed by atoms with Gasteiger partial charge in [-0.2, -0.15) is 0 Å². The molecule has 6 rings (SSSR count). The second-order valence-electron chi connectivity index (χ2n) is 46.1. The summed E-state index contributed by atoms with van der Waals surface area (Å²) in [5.41, 5.74) is -0.342. The molecule has 4 heterocycles. The van der Waals surface area contributed by atoms with Gasteiger partial charge in [-0.25, -0.2) is 4.79 Å². The Morgan fingerprint density at radius 3 is 0.990 bits per heavy atom. The largest absolute Gasteiger partial charge is 0.443 e. The molecule has 4 atom stereocenters. The first-order valence-electron chi connectivity index (χ1n) is 39.6. The number of benzene rings is 1. The molecule has 4 saturated heterocycles. The van der Waals surface area contributed by atoms with Crippen molar-refractivity contribution in [3.63, 3.8) is 0 Å². The number of carbonyl (C=O) groups excluding carboxylic acids is 1. The summed E-state index contributed by atoms with van der Waals surface area (Å²) in [6, 6.07) is 0. The predicted octanol–water partition coefficient (Wildman–Crippen LogP) is 23.7. The fourth-order valence-electron chi connectivity index (χ4n) is 29.6. The number of fused-ring (bicyclic) bond motifs is 1. The van der Waals surface area contributed by atoms with Gasteiger partial charge in [-0.15, -0.1) is 0 Å². The number of alkyl carbamates (subject to hydrolysis) is 1. The Bertz CT molecular complexity index is 3280. The Kier molecular flexibility index (Phi) is 20.4. The maximum atomic E-state index is 12.3. The monoisotopic (exact) mass is 1400 g/mol. The van der Waals surface area contributed by atoms with E-state index >= 15 is 0 Å². The molecule has 5 aliphatic rings. The number of nitrogens with one attached hydrogen (secondary N) is 1. The van der Waals surface area contributed by atoms with Gasteiger partial charge in [0.2, 0.25) is 0 Å². The Morgan fingerprint density at radius 1 is 0.370 bits per heavy atom. The minimum Gasteiger partial charge on any atom is -0.443 e. The molecule has 0 aromatic heterocycles. The molecule has 1 aromatic carbocycles. The number of methoxy groups -OCH3 is 2. The molecule has 0 radical (unpaired) electrons. The molecule has 584 valence electrons. The lowest BCUT2D eigenvalue weighted by atomic mass is 9.34. The lowest BCUT2D eigenvalue weighted by molar-refractivity contribution is -0.389. The smallest absolute Gasteiger partial charge is 0.407 e. The fraction of sp³-hybridized carbons (Fsp3) is 0.923. The van der Waals surface area contributed by atoms with Gasteiger partial charge in [-0.05, 0) is 293 Å². The highest BCUT2D eigenvalue weighted by atomic mass is 16.6. The van der Waals surface area contributed by atoms with E-state index in [1.54, 1.807) is 0 Å². The molecular weight excluding hydrogens is 1230 g/mol. The molecule has 1 aliphatic carbocycles. The molecule has 9 nitrogen and oxygen atoms in total. The van der Waals surface area contributed by atoms with E-state index in [2.05, 4.69) is 399 Å². The van der Waals surface area contributed by atoms with Crippen molar-refractivity contribution in [2.75, 3.05) is 27.8 Å². The van der Waals surface area contributed by atoms with Gasteiger partial charge in [-0.3, -0.25) is 19.6 Å². The zero-order chi connectivity index (χ0) is 80.4. The maximum absolute atomic E-state index is 12.3. The van der Waals surface area contributed by atoms with Gasteiger partial charge < -0.3 is 19.5 Å². The van der Waals surface area contributed by atoms with Crippen LogP contribution in [0.5, 0.6) is 0 Å². The number of carbonyl (C=O) groups is 1. The van der Waals surface area contributed by atoms with Gasteiger partial charge in [-0.1, -0.05) is 152 Å². The van der Waals surface area contributed by atoms with Crippen molar-refractivity contribution in [1.82, 2.24) is 24.9 Å². The van der Waals surface area contributed by atoms with Crippen molar-refractivity contribution in [1.29, 1.82) is 0 Å². The Labute approximate surface area is 623 Å². The molecule has 100 heavy (non-hydrogen) atoms. The topological polar surface area (TPSA) is 69.8 Å². The molecule has 1 N–H and O–H groups in total. The summed E-state index contributed by atoms with van der Waals surface area (Å²) in [7, 11) is 6.22. The Morgan fingerprint density at radius 2 is 0.670 bits per heavy atom. The second kappa shape index (κ2) is 22.9. The average Bonchev–Trinajstić information content (AvgIpc) is 1.16. The number of nitrogens with zero attached hydrogens (tertiary/aromatic N) is 4. The van der Waals surface area contributed by atoms with Crippen molar-refractivity contribution >= 4 is 6.09 Å². The van der Waals surface area contributed by atoms with Crippen molar-refractivity contribution < 1.29 is 19.0 Å². The molecule has 1 amide bonds. The average molecular weight is 1400 g/mol. The minimum atomic E-state index is -0.777. The SMILES string of the molecule is CCNC(=O)OC(C)(C)C1(C)C(C)(C)N(C)C(C)(C)C(C)(C)C1(C)C.COC(C)(C)C1(C)C(C)(C)N(C2(C)C(C)(C)C(C)(C)N(C(C)(C)C3(C(C)(C)N4C(C)(C)C(C)(C)C(C)(C)C(C)(C)C4(C)C)C(C)(C)c4c(C)c(C)c(C)c(C)c4C3(C)OC)C(C)(C)C2(C)C)C(C)(C)C(C)(C)C1(C)C. The van der Waals surface area contributed by atoms with E-state index in [0.29, 0.717) is 6.54 Å². The highest BCUT2D eigenvalue weighted by Gasteiger charge is 2.88. The van der Waals surface area contributed by atoms with Crippen LogP contribution in [0.15, 0.2) is 0 Å². The van der Waals surface area contributed by atoms with Crippen LogP contribution >= 0.6 is 0 Å². The van der Waals surface area contributed by atoms with Gasteiger partial charge in [0.15, 0.2) is 0 Å². The molecule has 4 unspecified atom stereocenters. The van der Waals surface area contributed by atoms with Crippen LogP contribution in [0.2, 0.25) is 0 Å². The number of rotatable bonds is 11. The van der Waals surface area contributed by atoms with Crippen LogP contribution < -0.4 is 5.32 Å². The first-order valence-corrected chi connectivity index (χ1v) is 39.6. The third-order valence-electron chi connectivity index (χ3n) is 40.7. The third-order valence-corrected chi connectivity index (χ3v) is 40.7. The van der Waals surface area contributed by atoms with Crippen LogP contribution in [0.3, 0.4) is 0 Å². The summed E-state index contributed by atoms with van der Waals surface area (Å²) in [5.74, 6) is 0. The Balaban J connectivity index is 0.000000606. The number of ether oxygens (including phenoxy) is 3. The van der Waals surface area contributed by atoms with Crippen LogP contribution in [0, 0.1) is 92.7 Å². The van der Waals surface area contributed by atoms with Crippen LogP contribution in [-0.2, 0) is 25.2 Å². The second-order valence-corrected chi connectivity index (χ2v) is 46.1. The van der Waals surface area contributed by atoms with Crippen molar-refractivity contribution in [3.05, 3.63) is 33.4 Å². The standard InChI is InChI=1S/C70H129N3O2.C21H42N2O2/c1-44-45(2)47(4)49-48(46(44)3)50(5,6)70(67(49,39)75-43,64(33,34)71-58(21,22)52(9,10)51(7,8)53(11,12)59(71,23)24)65(35,36)72-61(27,28)56(17,18)69(41,57(19,20)62(72,29)30)73-60(25,26)54(13,14)55(15,16)68(40,63(73,31)32)66(37,38)74-42;1-14-22-15(24)25-20(10,11)21(12)17(4,5)16(2,3)18(6,7)23(13)19(21,8)9/h1-43H3;14H2,1-13H3,(H,22,24). The normalized spacial score (nSPS) is 33.5. The van der Waals surface area contributed by atoms with Crippen molar-refractivity contribution in [2.24, 2.45) is 65.0 Å². The summed E-state index contributed by atoms with van der Waals surface area (Å²) in [5, 5.41) is 2.79. The van der Waals surface area contributed by atoms with Crippen molar-refractivity contribution in [2.45, 2.75) is 450 Å². The molecule has 0 saturated carbocycles. The van der Waals surface area contributed by atoms with Crippen LogP contribution in [0.1, 0.15) is 373 Å². The van der Waals surface area contributed by atoms with Gasteiger partial charge in [0, 0.05) is 114 Å². The molecule has 4 fully saturated rings. The number of likely N-dealkylation sites (tertiary alicyclic amines) is 4. The van der Waals surface area contributed by atoms with Crippen LogP contribution in [-0.4, -0.2) is 126 Å². The van der Waals surface area contributed by atoms with Gasteiger partial charge in [0.25, 0.3) is 0 Å². The summed E-state index contributed by atoms with van der Waals surface area (Å²) in [4.78, 5) is 24.2. The van der Waals surface area contributed by atoms with E-state index < -0.39 is 55.3 Å². The molecule has 4 aliphatic heterocycles. The van der Waals surface area contributed by atoms with E-state index in [-0.39, 0.29) is 98.9 Å². The summed E-state index contributed by atoms with van der Waals surface area (Å²) >= 11 is 0. The number of piperidine rings is 4. The quantitative estimate of drug-likeness (QED) is 0.235. The summed E-state index contributed by atoms with van der Waals surface area (Å²) in [6.45, 7) is 134. The van der Waals surface area contributed by atoms with E-state index in [1.807, 2.05) is 14.0 Å². The highest BCUT2D eigenvalue weighted by molar-refractivity contribution is 5.68. The lowest BCUT2D eigenvalue weighted by Gasteiger charge is -2.87. The van der Waals surface area contributed by atoms with E-state index in [4.69, 9.17) is 14.2 Å². The molecular formula is C91H171N5O4. The first kappa shape index (κ1) is 88.9. The molecule has 9 heteroatoms. The maximum Gasteiger partial charge on any atom is 0.407 e. The van der Waals surface area contributed by atoms with Gasteiger partial charge in [0.05, 0.1) is 5.60 Å². The highest BCUT2D eigenvalue weighted by Crippen LogP contribution is 2.83. The number of amides is 1. The lowest BCUT2D eigenvalue weighted by Crippen LogP contribution is -2.95. The minimum absolute atomic E-state index is 0.0126. The summed E-state index contributed by atoms with van der Waals surface area (Å²) < 4.78 is 20.6. The number of hydrogen-bond acceptors (Lipinski definition) is 8. The number of hydrogen-bond donors (Lipinski definition) is 1. The predicted molar refractivity (Wildman–Crippen MR) is 433 cm³/mol. The van der Waals surface area contributed by atoms with Crippen LogP contribution in [0.4, 0.5) is 4.79 Å². The summed E-state index contributed by atoms with van der Waals surface area (Å²) in [6.07, 6.45) is -0.342. The molecule has 0 bridgehead atoms. The van der Waals surface area contributed by atoms with Crippen molar-refractivity contribution in [3.8, 4) is 0 Å². The zero-order valence-electron chi connectivity index (χ0n) is 77.6. The van der Waals surface area contributed by atoms with Gasteiger partial charge in [0.1, 0.15) is 11.2 Å². The molecule has 0 spiro atoms. The van der Waals surface area contributed by atoms with E-state index in [1.165, 1.54) is 33.4 Å². The van der Waals surface area contributed by atoms with E-state index in [9.17, 15) is 4.79 Å². The fourth-order valence-corrected chi connectivity index (χ4v) is 29.6. The Hall–Kier alpha value is -1.75. The third kappa shape index (κ3) is 8.96. The zero-order valence-corrected chi connectivity index (χ0v) is 77.6.